The first-order valence-electron chi connectivity index (χ1n) is 10.7. The lowest BCUT2D eigenvalue weighted by molar-refractivity contribution is 0.0785. The quantitative estimate of drug-likeness (QED) is 0.644. The van der Waals surface area contributed by atoms with Gasteiger partial charge in [-0.15, -0.1) is 0 Å². The lowest BCUT2D eigenvalue weighted by Crippen LogP contribution is -2.57. The summed E-state index contributed by atoms with van der Waals surface area (Å²) in [6, 6.07) is 4.93. The number of benzene rings is 1. The number of nitrogens with one attached hydrogen (secondary N) is 2. The lowest BCUT2D eigenvalue weighted by atomic mass is 9.71. The van der Waals surface area contributed by atoms with Crippen LogP contribution in [0.3, 0.4) is 0 Å². The van der Waals surface area contributed by atoms with Gasteiger partial charge >= 0.3 is 6.03 Å². The van der Waals surface area contributed by atoms with Crippen LogP contribution in [0.2, 0.25) is 0 Å². The second-order valence-corrected chi connectivity index (χ2v) is 11.1. The summed E-state index contributed by atoms with van der Waals surface area (Å²) in [5.74, 6) is -0.252. The molecular weight excluding hydrogens is 419 g/mol. The Labute approximate surface area is 182 Å². The molecule has 4 rings (SSSR count). The van der Waals surface area contributed by atoms with E-state index in [4.69, 9.17) is 0 Å². The third kappa shape index (κ3) is 3.80. The minimum absolute atomic E-state index is 0.0716. The summed E-state index contributed by atoms with van der Waals surface area (Å²) in [6.45, 7) is 5.10. The van der Waals surface area contributed by atoms with Crippen molar-refractivity contribution in [1.29, 1.82) is 0 Å². The predicted molar refractivity (Wildman–Crippen MR) is 115 cm³/mol. The molecule has 1 aromatic rings. The second kappa shape index (κ2) is 7.45. The second-order valence-electron chi connectivity index (χ2n) is 9.44. The molecule has 0 aliphatic heterocycles. The summed E-state index contributed by atoms with van der Waals surface area (Å²) in [6.07, 6.45) is 4.50. The van der Waals surface area contributed by atoms with Crippen molar-refractivity contribution in [2.24, 2.45) is 5.92 Å². The monoisotopic (exact) mass is 448 g/mol. The molecule has 2 amide bonds. The molecule has 0 bridgehead atoms. The highest BCUT2D eigenvalue weighted by Crippen LogP contribution is 2.54. The van der Waals surface area contributed by atoms with Crippen LogP contribution in [0.5, 0.6) is 0 Å². The highest BCUT2D eigenvalue weighted by molar-refractivity contribution is 7.90. The van der Waals surface area contributed by atoms with Crippen molar-refractivity contribution >= 4 is 16.1 Å². The molecule has 3 aliphatic rings. The maximum atomic E-state index is 15.0. The molecule has 0 heterocycles. The third-order valence-corrected chi connectivity index (χ3v) is 8.27. The normalized spacial score (nSPS) is 26.0. The van der Waals surface area contributed by atoms with Crippen LogP contribution in [-0.2, 0) is 15.6 Å². The zero-order valence-corrected chi connectivity index (χ0v) is 18.9. The van der Waals surface area contributed by atoms with E-state index < -0.39 is 27.2 Å². The zero-order chi connectivity index (χ0) is 22.6. The van der Waals surface area contributed by atoms with Crippen molar-refractivity contribution in [2.75, 3.05) is 0 Å². The fourth-order valence-electron chi connectivity index (χ4n) is 5.35. The Bertz CT molecular complexity index is 1080. The third-order valence-electron chi connectivity index (χ3n) is 6.92. The van der Waals surface area contributed by atoms with E-state index in [1.807, 2.05) is 6.92 Å². The first-order valence-corrected chi connectivity index (χ1v) is 12.2. The van der Waals surface area contributed by atoms with E-state index >= 15 is 0 Å². The van der Waals surface area contributed by atoms with Gasteiger partial charge in [0.2, 0.25) is 0 Å². The topological polar surface area (TPSA) is 95.5 Å². The predicted octanol–water partition coefficient (Wildman–Crippen LogP) is 4.18. The van der Waals surface area contributed by atoms with Crippen LogP contribution < -0.4 is 10.0 Å². The van der Waals surface area contributed by atoms with E-state index in [1.165, 1.54) is 24.3 Å². The molecule has 3 N–H and O–H groups in total. The molecule has 2 unspecified atom stereocenters. The summed E-state index contributed by atoms with van der Waals surface area (Å²) < 4.78 is 42.5. The van der Waals surface area contributed by atoms with Crippen LogP contribution in [0.4, 0.5) is 9.18 Å². The fraction of sp³-hybridized carbons (Fsp3) is 0.522. The molecule has 8 heteroatoms. The van der Waals surface area contributed by atoms with Crippen LogP contribution in [0, 0.1) is 5.92 Å². The van der Waals surface area contributed by atoms with E-state index in [-0.39, 0.29) is 16.6 Å². The summed E-state index contributed by atoms with van der Waals surface area (Å²) in [5.41, 5.74) is 1.01. The van der Waals surface area contributed by atoms with E-state index in [9.17, 15) is 22.7 Å². The number of aliphatic hydroxyl groups is 1. The van der Waals surface area contributed by atoms with Gasteiger partial charge in [-0.05, 0) is 93.7 Å². The van der Waals surface area contributed by atoms with Crippen molar-refractivity contribution in [2.45, 2.75) is 75.3 Å². The van der Waals surface area contributed by atoms with Gasteiger partial charge in [-0.3, -0.25) is 0 Å². The van der Waals surface area contributed by atoms with Gasteiger partial charge in [0, 0.05) is 5.92 Å². The molecule has 0 aromatic heterocycles. The Balaban J connectivity index is 1.55. The number of allylic oxidation sites excluding steroid dienone is 2. The smallest absolute Gasteiger partial charge is 0.329 e. The van der Waals surface area contributed by atoms with E-state index in [2.05, 4.69) is 10.0 Å². The van der Waals surface area contributed by atoms with Crippen molar-refractivity contribution < 1.29 is 22.7 Å². The highest BCUT2D eigenvalue weighted by Gasteiger charge is 2.49. The molecule has 0 saturated heterocycles. The average molecular weight is 449 g/mol. The van der Waals surface area contributed by atoms with Gasteiger partial charge in [0.05, 0.1) is 16.0 Å². The van der Waals surface area contributed by atoms with Gasteiger partial charge in [-0.1, -0.05) is 12.1 Å². The number of carbonyl (C=O) groups is 1. The molecule has 6 nitrogen and oxygen atoms in total. The van der Waals surface area contributed by atoms with Gasteiger partial charge in [-0.2, -0.15) is 0 Å². The SMILES string of the molecule is CC(C)(O)c1ccc(S(=O)(=O)NC(=O)NC2(C)C3=C(CCC3)C(F)=C3CCCC32)cc1. The molecule has 0 spiro atoms. The van der Waals surface area contributed by atoms with E-state index in [1.54, 1.807) is 13.8 Å². The number of sulfonamides is 1. The largest absolute Gasteiger partial charge is 0.386 e. The Kier molecular flexibility index (Phi) is 5.29. The summed E-state index contributed by atoms with van der Waals surface area (Å²) in [5, 5.41) is 12.9. The number of rotatable bonds is 4. The zero-order valence-electron chi connectivity index (χ0n) is 18.1. The molecule has 1 aromatic carbocycles. The van der Waals surface area contributed by atoms with Crippen LogP contribution in [0.25, 0.3) is 0 Å². The molecule has 0 radical (unpaired) electrons. The van der Waals surface area contributed by atoms with Crippen molar-refractivity contribution in [3.63, 3.8) is 0 Å². The van der Waals surface area contributed by atoms with Crippen molar-refractivity contribution in [3.8, 4) is 0 Å². The van der Waals surface area contributed by atoms with Crippen LogP contribution >= 0.6 is 0 Å². The average Bonchev–Trinajstić information content (AvgIpc) is 3.36. The standard InChI is InChI=1S/C23H29FN2O4S/c1-22(2,28)14-10-12-15(13-11-14)31(29,30)26-21(27)25-23(3)18-8-4-6-16(18)20(24)17-7-5-9-19(17)23/h10-13,18,28H,4-9H2,1-3H3,(H2,25,26,27). The van der Waals surface area contributed by atoms with Gasteiger partial charge in [0.1, 0.15) is 5.83 Å². The van der Waals surface area contributed by atoms with Crippen molar-refractivity contribution in [3.05, 3.63) is 52.4 Å². The summed E-state index contributed by atoms with van der Waals surface area (Å²) in [7, 11) is -4.10. The lowest BCUT2D eigenvalue weighted by Gasteiger charge is -2.42. The molecule has 31 heavy (non-hydrogen) atoms. The molecular formula is C23H29FN2O4S. The number of amides is 2. The minimum Gasteiger partial charge on any atom is -0.386 e. The van der Waals surface area contributed by atoms with Gasteiger partial charge in [0.25, 0.3) is 10.0 Å². The number of urea groups is 1. The first-order chi connectivity index (χ1) is 14.4. The number of fused-ring (bicyclic) bond motifs is 1. The maximum Gasteiger partial charge on any atom is 0.329 e. The Morgan fingerprint density at radius 1 is 1.16 bits per heavy atom. The van der Waals surface area contributed by atoms with Gasteiger partial charge < -0.3 is 10.4 Å². The fourth-order valence-corrected chi connectivity index (χ4v) is 6.26. The minimum atomic E-state index is -4.10. The van der Waals surface area contributed by atoms with Crippen LogP contribution in [0.1, 0.15) is 64.9 Å². The number of carbonyl (C=O) groups excluding carboxylic acids is 1. The number of hydrogen-bond donors (Lipinski definition) is 3. The highest BCUT2D eigenvalue weighted by atomic mass is 32.2. The maximum absolute atomic E-state index is 15.0. The first kappa shape index (κ1) is 22.0. The molecule has 168 valence electrons. The Morgan fingerprint density at radius 2 is 1.84 bits per heavy atom. The van der Waals surface area contributed by atoms with Gasteiger partial charge in [0.15, 0.2) is 0 Å². The van der Waals surface area contributed by atoms with Crippen molar-refractivity contribution in [1.82, 2.24) is 10.0 Å². The molecule has 3 aliphatic carbocycles. The molecule has 1 saturated carbocycles. The molecule has 2 atom stereocenters. The van der Waals surface area contributed by atoms with Gasteiger partial charge in [-0.25, -0.2) is 22.3 Å². The Morgan fingerprint density at radius 3 is 2.48 bits per heavy atom. The Hall–Kier alpha value is -2.19. The van der Waals surface area contributed by atoms with Crippen LogP contribution in [0.15, 0.2) is 51.7 Å². The summed E-state index contributed by atoms with van der Waals surface area (Å²) in [4.78, 5) is 12.7. The number of hydrogen-bond acceptors (Lipinski definition) is 4. The molecule has 1 fully saturated rings. The summed E-state index contributed by atoms with van der Waals surface area (Å²) >= 11 is 0. The van der Waals surface area contributed by atoms with E-state index in [0.29, 0.717) is 30.4 Å². The number of halogens is 1. The van der Waals surface area contributed by atoms with E-state index in [0.717, 1.165) is 30.4 Å². The van der Waals surface area contributed by atoms with Crippen LogP contribution in [-0.4, -0.2) is 25.1 Å².